The van der Waals surface area contributed by atoms with E-state index in [9.17, 15) is 27.6 Å². The van der Waals surface area contributed by atoms with Crippen molar-refractivity contribution in [2.75, 3.05) is 26.2 Å². The molecule has 15 heteroatoms. The van der Waals surface area contributed by atoms with E-state index >= 15 is 0 Å². The fourth-order valence-electron chi connectivity index (χ4n) is 5.90. The van der Waals surface area contributed by atoms with Crippen LogP contribution in [0.15, 0.2) is 67.1 Å². The minimum Gasteiger partial charge on any atom is -0.474 e. The van der Waals surface area contributed by atoms with E-state index in [1.807, 2.05) is 0 Å². The van der Waals surface area contributed by atoms with E-state index in [1.165, 1.54) is 6.08 Å². The molecule has 0 radical (unpaired) electrons. The fraction of sp³-hybridized carbons (Fsp3) is 0.412. The zero-order valence-electron chi connectivity index (χ0n) is 26.6. The summed E-state index contributed by atoms with van der Waals surface area (Å²) in [5, 5.41) is 6.02. The number of hydrogen-bond donors (Lipinski definition) is 2. The van der Waals surface area contributed by atoms with Gasteiger partial charge in [0.1, 0.15) is 18.5 Å². The number of ether oxygens (including phenoxy) is 1. The molecule has 3 amide bonds. The molecule has 0 spiro atoms. The van der Waals surface area contributed by atoms with Crippen molar-refractivity contribution in [3.8, 4) is 5.88 Å². The van der Waals surface area contributed by atoms with Crippen LogP contribution < -0.4 is 15.4 Å². The molecule has 0 bridgehead atoms. The van der Waals surface area contributed by atoms with Gasteiger partial charge in [-0.2, -0.15) is 13.2 Å². The van der Waals surface area contributed by atoms with Crippen molar-refractivity contribution in [2.24, 2.45) is 0 Å². The fourth-order valence-corrected chi connectivity index (χ4v) is 6.02. The van der Waals surface area contributed by atoms with Gasteiger partial charge in [0, 0.05) is 55.1 Å². The number of rotatable bonds is 11. The van der Waals surface area contributed by atoms with Crippen LogP contribution in [-0.4, -0.2) is 87.0 Å². The Kier molecular flexibility index (Phi) is 12.2. The molecular formula is C34H37ClF3N7O4. The van der Waals surface area contributed by atoms with Gasteiger partial charge < -0.3 is 20.3 Å². The Morgan fingerprint density at radius 3 is 2.49 bits per heavy atom. The highest BCUT2D eigenvalue weighted by Crippen LogP contribution is 2.30. The van der Waals surface area contributed by atoms with Crippen LogP contribution in [0.4, 0.5) is 13.2 Å². The first-order valence-corrected chi connectivity index (χ1v) is 16.4. The minimum atomic E-state index is -4.59. The van der Waals surface area contributed by atoms with Crippen LogP contribution in [0.3, 0.4) is 0 Å². The van der Waals surface area contributed by atoms with Crippen molar-refractivity contribution in [1.82, 2.24) is 35.4 Å². The summed E-state index contributed by atoms with van der Waals surface area (Å²) in [5.41, 5.74) is 0.295. The predicted molar refractivity (Wildman–Crippen MR) is 175 cm³/mol. The molecule has 49 heavy (non-hydrogen) atoms. The number of piperidine rings is 2. The lowest BCUT2D eigenvalue weighted by atomic mass is 10.0. The number of alkyl halides is 3. The maximum absolute atomic E-state index is 13.5. The number of nitrogens with zero attached hydrogens (tertiary/aromatic N) is 5. The second kappa shape index (κ2) is 16.7. The highest BCUT2D eigenvalue weighted by Gasteiger charge is 2.36. The monoisotopic (exact) mass is 699 g/mol. The van der Waals surface area contributed by atoms with E-state index in [0.29, 0.717) is 43.2 Å². The molecule has 11 nitrogen and oxygen atoms in total. The number of halogens is 4. The molecule has 2 N–H and O–H groups in total. The smallest absolute Gasteiger partial charge is 0.433 e. The summed E-state index contributed by atoms with van der Waals surface area (Å²) in [6.45, 7) is 1.43. The number of carbonyl (C=O) groups excluding carboxylic acids is 3. The number of aromatic nitrogens is 3. The van der Waals surface area contributed by atoms with Crippen LogP contribution in [0.5, 0.6) is 5.88 Å². The van der Waals surface area contributed by atoms with E-state index in [-0.39, 0.29) is 37.0 Å². The Bertz CT molecular complexity index is 1600. The quantitative estimate of drug-likeness (QED) is 0.284. The maximum atomic E-state index is 13.5. The lowest BCUT2D eigenvalue weighted by Crippen LogP contribution is -2.58. The Labute approximate surface area is 286 Å². The molecule has 2 aromatic heterocycles. The predicted octanol–water partition coefficient (Wildman–Crippen LogP) is 4.28. The van der Waals surface area contributed by atoms with E-state index in [2.05, 4.69) is 30.5 Å². The molecule has 2 atom stereocenters. The summed E-state index contributed by atoms with van der Waals surface area (Å²) >= 11 is 5.93. The average Bonchev–Trinajstić information content (AvgIpc) is 3.10. The molecule has 2 fully saturated rings. The van der Waals surface area contributed by atoms with E-state index in [4.69, 9.17) is 16.3 Å². The third-order valence-corrected chi connectivity index (χ3v) is 8.64. The van der Waals surface area contributed by atoms with Gasteiger partial charge in [0.2, 0.25) is 23.6 Å². The lowest BCUT2D eigenvalue weighted by Gasteiger charge is -2.45. The molecule has 260 valence electrons. The molecule has 0 saturated carbocycles. The van der Waals surface area contributed by atoms with Gasteiger partial charge in [-0.05, 0) is 68.0 Å². The van der Waals surface area contributed by atoms with Gasteiger partial charge in [-0.3, -0.25) is 24.3 Å². The van der Waals surface area contributed by atoms with E-state index in [1.54, 1.807) is 59.6 Å². The molecule has 1 aromatic carbocycles. The summed E-state index contributed by atoms with van der Waals surface area (Å²) in [7, 11) is 0. The van der Waals surface area contributed by atoms with Gasteiger partial charge in [0.25, 0.3) is 0 Å². The van der Waals surface area contributed by atoms with Gasteiger partial charge in [-0.15, -0.1) is 0 Å². The van der Waals surface area contributed by atoms with Crippen molar-refractivity contribution < 1.29 is 32.3 Å². The topological polar surface area (TPSA) is 130 Å². The van der Waals surface area contributed by atoms with Crippen LogP contribution in [0.2, 0.25) is 5.02 Å². The van der Waals surface area contributed by atoms with Crippen LogP contribution >= 0.6 is 11.6 Å². The van der Waals surface area contributed by atoms with Crippen molar-refractivity contribution in [3.05, 3.63) is 89.1 Å². The third-order valence-electron chi connectivity index (χ3n) is 8.39. The summed E-state index contributed by atoms with van der Waals surface area (Å²) in [6.07, 6.45) is 3.99. The number of likely N-dealkylation sites (tertiary alicyclic amines) is 2. The van der Waals surface area contributed by atoms with Gasteiger partial charge in [-0.1, -0.05) is 29.8 Å². The highest BCUT2D eigenvalue weighted by molar-refractivity contribution is 6.30. The second-order valence-electron chi connectivity index (χ2n) is 11.8. The Morgan fingerprint density at radius 1 is 1.00 bits per heavy atom. The molecule has 2 aliphatic heterocycles. The zero-order valence-corrected chi connectivity index (χ0v) is 27.4. The minimum absolute atomic E-state index is 0.122. The third kappa shape index (κ3) is 10.5. The summed E-state index contributed by atoms with van der Waals surface area (Å²) < 4.78 is 44.9. The molecule has 5 rings (SSSR count). The standard InChI is InChI=1S/C34H37ClF3N7O4/c35-24-10-7-23(8-11-24)9-12-29(46)43-27(19-25-5-1-3-15-39-25)33(48)40-21-32(47)45-16-4-2-6-31(45)44-17-13-26(14-18-44)49-30-20-28(34(36,37)38)41-22-42-30/h1,3,5,7-12,15,20,22,26-27,31H,2,4,6,13-14,16-19,21H2,(H,40,48)(H,43,46)/b12-9+. The first kappa shape index (κ1) is 35.7. The Hall–Kier alpha value is -4.56. The molecule has 4 heterocycles. The molecule has 0 aliphatic carbocycles. The van der Waals surface area contributed by atoms with Crippen LogP contribution in [0, 0.1) is 0 Å². The average molecular weight is 700 g/mol. The molecular weight excluding hydrogens is 663 g/mol. The number of carbonyl (C=O) groups is 3. The van der Waals surface area contributed by atoms with Gasteiger partial charge >= 0.3 is 6.18 Å². The molecule has 3 aromatic rings. The summed E-state index contributed by atoms with van der Waals surface area (Å²) in [4.78, 5) is 55.0. The van der Waals surface area contributed by atoms with Crippen molar-refractivity contribution in [2.45, 2.75) is 63.0 Å². The number of hydrogen-bond acceptors (Lipinski definition) is 8. The largest absolute Gasteiger partial charge is 0.474 e. The van der Waals surface area contributed by atoms with Crippen LogP contribution in [0.1, 0.15) is 49.1 Å². The number of amides is 3. The normalized spacial score (nSPS) is 18.2. The van der Waals surface area contributed by atoms with Crippen molar-refractivity contribution >= 4 is 35.4 Å². The zero-order chi connectivity index (χ0) is 34.8. The van der Waals surface area contributed by atoms with Gasteiger partial charge in [0.05, 0.1) is 12.7 Å². The molecule has 2 aliphatic rings. The van der Waals surface area contributed by atoms with Crippen LogP contribution in [-0.2, 0) is 27.0 Å². The second-order valence-corrected chi connectivity index (χ2v) is 12.3. The summed E-state index contributed by atoms with van der Waals surface area (Å²) in [6, 6.07) is 12.0. The highest BCUT2D eigenvalue weighted by atomic mass is 35.5. The Balaban J connectivity index is 1.16. The summed E-state index contributed by atoms with van der Waals surface area (Å²) in [5.74, 6) is -1.37. The van der Waals surface area contributed by atoms with Crippen LogP contribution in [0.25, 0.3) is 6.08 Å². The number of benzene rings is 1. The SMILES string of the molecule is O=C(/C=C/c1ccc(Cl)cc1)NC(Cc1ccccn1)C(=O)NCC(=O)N1CCCCC1N1CCC(Oc2cc(C(F)(F)F)ncn2)CC1. The number of nitrogens with one attached hydrogen (secondary N) is 2. The first-order valence-electron chi connectivity index (χ1n) is 16.1. The van der Waals surface area contributed by atoms with E-state index in [0.717, 1.165) is 37.2 Å². The lowest BCUT2D eigenvalue weighted by molar-refractivity contribution is -0.142. The first-order chi connectivity index (χ1) is 23.5. The molecule has 2 unspecified atom stereocenters. The van der Waals surface area contributed by atoms with Crippen molar-refractivity contribution in [3.63, 3.8) is 0 Å². The number of pyridine rings is 1. The van der Waals surface area contributed by atoms with Gasteiger partial charge in [-0.25, -0.2) is 9.97 Å². The van der Waals surface area contributed by atoms with E-state index < -0.39 is 29.7 Å². The van der Waals surface area contributed by atoms with Gasteiger partial charge in [0.15, 0.2) is 5.69 Å². The molecule has 2 saturated heterocycles. The Morgan fingerprint density at radius 2 is 1.78 bits per heavy atom. The van der Waals surface area contributed by atoms with Crippen molar-refractivity contribution in [1.29, 1.82) is 0 Å². The maximum Gasteiger partial charge on any atom is 0.433 e.